The van der Waals surface area contributed by atoms with Gasteiger partial charge in [-0.15, -0.1) is 11.8 Å². The minimum atomic E-state index is -0.885. The van der Waals surface area contributed by atoms with Gasteiger partial charge in [-0.05, 0) is 43.5 Å². The SMILES string of the molecule is CSc1ccccc1NC(=O)CN(C)C(=O)C(C)Oc1ccc(F)cc1Cl. The van der Waals surface area contributed by atoms with Crippen LogP contribution in [0.4, 0.5) is 10.1 Å². The van der Waals surface area contributed by atoms with Crippen LogP contribution in [0.1, 0.15) is 6.92 Å². The molecule has 0 aliphatic heterocycles. The van der Waals surface area contributed by atoms with Crippen LogP contribution in [0.5, 0.6) is 5.75 Å². The molecule has 2 aromatic carbocycles. The van der Waals surface area contributed by atoms with Crippen molar-refractivity contribution in [2.75, 3.05) is 25.2 Å². The van der Waals surface area contributed by atoms with Gasteiger partial charge in [0.25, 0.3) is 5.91 Å². The third kappa shape index (κ3) is 5.87. The average molecular weight is 411 g/mol. The van der Waals surface area contributed by atoms with Gasteiger partial charge in [-0.3, -0.25) is 9.59 Å². The zero-order valence-corrected chi connectivity index (χ0v) is 16.7. The van der Waals surface area contributed by atoms with Gasteiger partial charge in [0.2, 0.25) is 5.91 Å². The van der Waals surface area contributed by atoms with Crippen molar-refractivity contribution < 1.29 is 18.7 Å². The number of para-hydroxylation sites is 1. The second-order valence-corrected chi connectivity index (χ2v) is 7.03. The van der Waals surface area contributed by atoms with Gasteiger partial charge >= 0.3 is 0 Å². The zero-order chi connectivity index (χ0) is 20.0. The number of nitrogens with zero attached hydrogens (tertiary/aromatic N) is 1. The number of benzene rings is 2. The molecule has 27 heavy (non-hydrogen) atoms. The third-order valence-corrected chi connectivity index (χ3v) is 4.77. The van der Waals surface area contributed by atoms with Crippen LogP contribution in [0.3, 0.4) is 0 Å². The van der Waals surface area contributed by atoms with E-state index in [9.17, 15) is 14.0 Å². The monoisotopic (exact) mass is 410 g/mol. The van der Waals surface area contributed by atoms with Gasteiger partial charge in [-0.2, -0.15) is 0 Å². The first-order valence-corrected chi connectivity index (χ1v) is 9.71. The maximum atomic E-state index is 13.1. The Morgan fingerprint density at radius 3 is 2.67 bits per heavy atom. The lowest BCUT2D eigenvalue weighted by atomic mass is 10.3. The number of thioether (sulfide) groups is 1. The number of anilines is 1. The maximum absolute atomic E-state index is 13.1. The summed E-state index contributed by atoms with van der Waals surface area (Å²) in [4.78, 5) is 26.9. The van der Waals surface area contributed by atoms with E-state index in [0.29, 0.717) is 5.69 Å². The fourth-order valence-electron chi connectivity index (χ4n) is 2.35. The van der Waals surface area contributed by atoms with Gasteiger partial charge in [-0.25, -0.2) is 4.39 Å². The van der Waals surface area contributed by atoms with E-state index in [4.69, 9.17) is 16.3 Å². The number of carbonyl (C=O) groups is 2. The molecular weight excluding hydrogens is 391 g/mol. The molecule has 0 saturated heterocycles. The summed E-state index contributed by atoms with van der Waals surface area (Å²) >= 11 is 7.42. The lowest BCUT2D eigenvalue weighted by Gasteiger charge is -2.22. The molecule has 0 aromatic heterocycles. The Morgan fingerprint density at radius 2 is 2.00 bits per heavy atom. The molecule has 2 aromatic rings. The van der Waals surface area contributed by atoms with Gasteiger partial charge in [0.05, 0.1) is 17.3 Å². The van der Waals surface area contributed by atoms with E-state index in [1.807, 2.05) is 24.5 Å². The van der Waals surface area contributed by atoms with Crippen molar-refractivity contribution in [2.24, 2.45) is 0 Å². The highest BCUT2D eigenvalue weighted by molar-refractivity contribution is 7.98. The topological polar surface area (TPSA) is 58.6 Å². The molecule has 0 aliphatic carbocycles. The Kier molecular flexibility index (Phi) is 7.50. The number of hydrogen-bond acceptors (Lipinski definition) is 4. The highest BCUT2D eigenvalue weighted by atomic mass is 35.5. The number of halogens is 2. The van der Waals surface area contributed by atoms with E-state index < -0.39 is 17.8 Å². The number of carbonyl (C=O) groups excluding carboxylic acids is 2. The summed E-state index contributed by atoms with van der Waals surface area (Å²) in [5.74, 6) is -1.01. The number of hydrogen-bond donors (Lipinski definition) is 1. The Hall–Kier alpha value is -2.25. The summed E-state index contributed by atoms with van der Waals surface area (Å²) in [5, 5.41) is 2.87. The molecule has 1 N–H and O–H groups in total. The molecule has 2 rings (SSSR count). The van der Waals surface area contributed by atoms with Crippen LogP contribution in [-0.2, 0) is 9.59 Å². The molecule has 5 nitrogen and oxygen atoms in total. The number of nitrogens with one attached hydrogen (secondary N) is 1. The largest absolute Gasteiger partial charge is 0.479 e. The first-order chi connectivity index (χ1) is 12.8. The van der Waals surface area contributed by atoms with Crippen LogP contribution in [0.15, 0.2) is 47.4 Å². The minimum absolute atomic E-state index is 0.0729. The Morgan fingerprint density at radius 1 is 1.30 bits per heavy atom. The molecule has 0 saturated carbocycles. The maximum Gasteiger partial charge on any atom is 0.263 e. The summed E-state index contributed by atoms with van der Waals surface area (Å²) in [6, 6.07) is 11.1. The van der Waals surface area contributed by atoms with E-state index in [1.54, 1.807) is 13.0 Å². The van der Waals surface area contributed by atoms with Crippen LogP contribution >= 0.6 is 23.4 Å². The molecule has 1 atom stereocenters. The van der Waals surface area contributed by atoms with Crippen molar-refractivity contribution in [1.82, 2.24) is 4.90 Å². The molecule has 1 unspecified atom stereocenters. The predicted octanol–water partition coefficient (Wildman–Crippen LogP) is 4.07. The van der Waals surface area contributed by atoms with Crippen LogP contribution < -0.4 is 10.1 Å². The van der Waals surface area contributed by atoms with Crippen molar-refractivity contribution >= 4 is 40.9 Å². The quantitative estimate of drug-likeness (QED) is 0.699. The molecule has 0 fully saturated rings. The first-order valence-electron chi connectivity index (χ1n) is 8.11. The van der Waals surface area contributed by atoms with Crippen LogP contribution in [-0.4, -0.2) is 42.7 Å². The predicted molar refractivity (Wildman–Crippen MR) is 106 cm³/mol. The average Bonchev–Trinajstić information content (AvgIpc) is 2.63. The fourth-order valence-corrected chi connectivity index (χ4v) is 3.12. The summed E-state index contributed by atoms with van der Waals surface area (Å²) in [6.45, 7) is 1.41. The first kappa shape index (κ1) is 21.1. The third-order valence-electron chi connectivity index (χ3n) is 3.68. The van der Waals surface area contributed by atoms with Gasteiger partial charge < -0.3 is 15.0 Å². The zero-order valence-electron chi connectivity index (χ0n) is 15.2. The van der Waals surface area contributed by atoms with Gasteiger partial charge in [-0.1, -0.05) is 23.7 Å². The normalized spacial score (nSPS) is 11.6. The van der Waals surface area contributed by atoms with Crippen LogP contribution in [0.2, 0.25) is 5.02 Å². The molecule has 0 aliphatic rings. The molecule has 0 bridgehead atoms. The van der Waals surface area contributed by atoms with Gasteiger partial charge in [0.1, 0.15) is 11.6 Å². The molecule has 8 heteroatoms. The molecule has 0 heterocycles. The lowest BCUT2D eigenvalue weighted by molar-refractivity contribution is -0.139. The number of amides is 2. The molecule has 0 radical (unpaired) electrons. The van der Waals surface area contributed by atoms with Crippen molar-refractivity contribution in [3.05, 3.63) is 53.3 Å². The fraction of sp³-hybridized carbons (Fsp3) is 0.263. The van der Waals surface area contributed by atoms with Gasteiger partial charge in [0, 0.05) is 11.9 Å². The number of ether oxygens (including phenoxy) is 1. The van der Waals surface area contributed by atoms with E-state index >= 15 is 0 Å². The summed E-state index contributed by atoms with van der Waals surface area (Å²) in [7, 11) is 1.51. The van der Waals surface area contributed by atoms with E-state index in [2.05, 4.69) is 5.32 Å². The highest BCUT2D eigenvalue weighted by Crippen LogP contribution is 2.26. The molecule has 144 valence electrons. The van der Waals surface area contributed by atoms with Crippen LogP contribution in [0, 0.1) is 5.82 Å². The van der Waals surface area contributed by atoms with Gasteiger partial charge in [0.15, 0.2) is 6.10 Å². The van der Waals surface area contributed by atoms with Crippen molar-refractivity contribution in [3.8, 4) is 5.75 Å². The Bertz CT molecular complexity index is 834. The summed E-state index contributed by atoms with van der Waals surface area (Å²) < 4.78 is 18.6. The minimum Gasteiger partial charge on any atom is -0.479 e. The standard InChI is InChI=1S/C19H20ClFN2O3S/c1-12(26-16-9-8-13(21)10-14(16)20)19(25)23(2)11-18(24)22-15-6-4-5-7-17(15)27-3/h4-10,12H,11H2,1-3H3,(H,22,24). The lowest BCUT2D eigenvalue weighted by Crippen LogP contribution is -2.42. The second-order valence-electron chi connectivity index (χ2n) is 5.78. The van der Waals surface area contributed by atoms with E-state index in [-0.39, 0.29) is 23.2 Å². The Labute approximate surface area is 166 Å². The number of rotatable bonds is 7. The Balaban J connectivity index is 1.94. The molecular formula is C19H20ClFN2O3S. The van der Waals surface area contributed by atoms with Crippen molar-refractivity contribution in [2.45, 2.75) is 17.9 Å². The van der Waals surface area contributed by atoms with E-state index in [1.165, 1.54) is 35.8 Å². The molecule has 0 spiro atoms. The van der Waals surface area contributed by atoms with E-state index in [0.717, 1.165) is 11.0 Å². The highest BCUT2D eigenvalue weighted by Gasteiger charge is 2.22. The summed E-state index contributed by atoms with van der Waals surface area (Å²) in [6.07, 6.45) is 1.03. The second kappa shape index (κ2) is 9.62. The smallest absolute Gasteiger partial charge is 0.263 e. The number of likely N-dealkylation sites (N-methyl/N-ethyl adjacent to an activating group) is 1. The summed E-state index contributed by atoms with van der Waals surface area (Å²) in [5.41, 5.74) is 0.693. The van der Waals surface area contributed by atoms with Crippen LogP contribution in [0.25, 0.3) is 0 Å². The van der Waals surface area contributed by atoms with Crippen molar-refractivity contribution in [1.29, 1.82) is 0 Å². The van der Waals surface area contributed by atoms with Crippen molar-refractivity contribution in [3.63, 3.8) is 0 Å². The molecule has 2 amide bonds.